The Morgan fingerprint density at radius 3 is 2.32 bits per heavy atom. The number of carbonyl (C=O) groups is 1. The summed E-state index contributed by atoms with van der Waals surface area (Å²) in [5.41, 5.74) is 2.16. The number of rotatable bonds is 4. The van der Waals surface area contributed by atoms with Crippen molar-refractivity contribution in [2.75, 3.05) is 0 Å². The first kappa shape index (κ1) is 13.9. The van der Waals surface area contributed by atoms with Crippen LogP contribution in [0.4, 0.5) is 0 Å². The van der Waals surface area contributed by atoms with E-state index < -0.39 is 0 Å². The van der Waals surface area contributed by atoms with Crippen LogP contribution in [0.2, 0.25) is 0 Å². The number of nitrogens with zero attached hydrogens (tertiary/aromatic N) is 4. The third-order valence-electron chi connectivity index (χ3n) is 3.00. The monoisotopic (exact) mass is 294 g/mol. The van der Waals surface area contributed by atoms with Gasteiger partial charge in [0.1, 0.15) is 11.4 Å². The van der Waals surface area contributed by atoms with Crippen molar-refractivity contribution < 1.29 is 9.53 Å². The molecule has 0 spiro atoms. The van der Waals surface area contributed by atoms with E-state index in [1.807, 2.05) is 36.4 Å². The second-order valence-electron chi connectivity index (χ2n) is 4.61. The molecule has 3 aromatic rings. The quantitative estimate of drug-likeness (QED) is 0.691. The lowest BCUT2D eigenvalue weighted by molar-refractivity contribution is -0.144. The summed E-state index contributed by atoms with van der Waals surface area (Å²) in [6.07, 6.45) is 5.21. The molecule has 3 heterocycles. The Bertz CT molecular complexity index is 769. The average Bonchev–Trinajstić information content (AvgIpc) is 2.99. The highest BCUT2D eigenvalue weighted by molar-refractivity contribution is 5.66. The molecule has 0 N–H and O–H groups in total. The van der Waals surface area contributed by atoms with Crippen molar-refractivity contribution in [1.82, 2.24) is 19.5 Å². The van der Waals surface area contributed by atoms with E-state index >= 15 is 0 Å². The number of hydrogen-bond donors (Lipinski definition) is 0. The molecule has 0 amide bonds. The minimum Gasteiger partial charge on any atom is -0.444 e. The van der Waals surface area contributed by atoms with Gasteiger partial charge in [0.15, 0.2) is 12.6 Å². The van der Waals surface area contributed by atoms with E-state index in [0.29, 0.717) is 17.2 Å². The summed E-state index contributed by atoms with van der Waals surface area (Å²) >= 11 is 0. The molecular formula is C16H14N4O2. The van der Waals surface area contributed by atoms with Gasteiger partial charge in [-0.2, -0.15) is 0 Å². The van der Waals surface area contributed by atoms with Gasteiger partial charge < -0.3 is 4.74 Å². The predicted molar refractivity (Wildman–Crippen MR) is 80.5 cm³/mol. The van der Waals surface area contributed by atoms with Gasteiger partial charge in [0, 0.05) is 25.5 Å². The topological polar surface area (TPSA) is 69.9 Å². The van der Waals surface area contributed by atoms with Crippen LogP contribution in [-0.4, -0.2) is 25.5 Å². The zero-order valence-electron chi connectivity index (χ0n) is 12.0. The molecule has 0 saturated heterocycles. The van der Waals surface area contributed by atoms with Gasteiger partial charge in [0.05, 0.1) is 5.69 Å². The maximum Gasteiger partial charge on any atom is 0.304 e. The summed E-state index contributed by atoms with van der Waals surface area (Å²) in [5.74, 6) is 0.280. The number of ether oxygens (including phenoxy) is 1. The summed E-state index contributed by atoms with van der Waals surface area (Å²) in [6.45, 7) is 1.46. The Morgan fingerprint density at radius 2 is 1.73 bits per heavy atom. The second kappa shape index (κ2) is 6.17. The highest BCUT2D eigenvalue weighted by Gasteiger charge is 2.13. The first-order valence-corrected chi connectivity index (χ1v) is 6.77. The van der Waals surface area contributed by atoms with Crippen molar-refractivity contribution in [1.29, 1.82) is 0 Å². The van der Waals surface area contributed by atoms with E-state index in [-0.39, 0.29) is 12.7 Å². The Balaban J connectivity index is 2.03. The molecule has 110 valence electrons. The van der Waals surface area contributed by atoms with Crippen molar-refractivity contribution >= 4 is 5.97 Å². The number of carbonyl (C=O) groups excluding carboxylic acids is 1. The lowest BCUT2D eigenvalue weighted by atomic mass is 10.3. The second-order valence-corrected chi connectivity index (χ2v) is 4.61. The van der Waals surface area contributed by atoms with Crippen LogP contribution in [0.25, 0.3) is 22.9 Å². The average molecular weight is 294 g/mol. The van der Waals surface area contributed by atoms with Gasteiger partial charge in [0.25, 0.3) is 0 Å². The fraction of sp³-hybridized carbons (Fsp3) is 0.125. The van der Waals surface area contributed by atoms with Gasteiger partial charge in [-0.3, -0.25) is 19.3 Å². The Morgan fingerprint density at radius 1 is 1.05 bits per heavy atom. The lowest BCUT2D eigenvalue weighted by Gasteiger charge is -2.06. The predicted octanol–water partition coefficient (Wildman–Crippen LogP) is 2.53. The molecule has 6 heteroatoms. The molecule has 3 rings (SSSR count). The van der Waals surface area contributed by atoms with Crippen LogP contribution in [0.15, 0.2) is 55.0 Å². The summed E-state index contributed by atoms with van der Waals surface area (Å²) in [5, 5.41) is 0. The summed E-state index contributed by atoms with van der Waals surface area (Å²) in [6, 6.07) is 11.2. The first-order valence-electron chi connectivity index (χ1n) is 6.77. The third-order valence-corrected chi connectivity index (χ3v) is 3.00. The smallest absolute Gasteiger partial charge is 0.304 e. The number of hydrogen-bond acceptors (Lipinski definition) is 5. The highest BCUT2D eigenvalue weighted by atomic mass is 16.5. The van der Waals surface area contributed by atoms with Crippen LogP contribution in [0, 0.1) is 0 Å². The fourth-order valence-corrected chi connectivity index (χ4v) is 2.01. The summed E-state index contributed by atoms with van der Waals surface area (Å²) < 4.78 is 6.82. The molecule has 0 aliphatic carbocycles. The van der Waals surface area contributed by atoms with Crippen molar-refractivity contribution in [3.8, 4) is 22.9 Å². The summed E-state index contributed by atoms with van der Waals surface area (Å²) in [7, 11) is 0. The van der Waals surface area contributed by atoms with E-state index in [1.54, 1.807) is 23.2 Å². The standard InChI is InChI=1S/C16H14N4O2/c1-12(21)22-11-20-10-15(13-6-2-4-8-17-13)19-16(20)14-7-3-5-9-18-14/h2-10H,11H2,1H3. The molecule has 0 aliphatic rings. The van der Waals surface area contributed by atoms with Crippen LogP contribution in [0.5, 0.6) is 0 Å². The van der Waals surface area contributed by atoms with Crippen LogP contribution in [0.3, 0.4) is 0 Å². The molecule has 0 atom stereocenters. The SMILES string of the molecule is CC(=O)OCn1cc(-c2ccccn2)nc1-c1ccccn1. The molecule has 0 saturated carbocycles. The molecule has 6 nitrogen and oxygen atoms in total. The summed E-state index contributed by atoms with van der Waals surface area (Å²) in [4.78, 5) is 24.2. The maximum atomic E-state index is 11.1. The van der Waals surface area contributed by atoms with Gasteiger partial charge in [-0.25, -0.2) is 4.98 Å². The molecule has 0 aliphatic heterocycles. The van der Waals surface area contributed by atoms with Crippen LogP contribution >= 0.6 is 0 Å². The molecular weight excluding hydrogens is 280 g/mol. The minimum atomic E-state index is -0.347. The number of imidazole rings is 1. The van der Waals surface area contributed by atoms with Gasteiger partial charge in [-0.1, -0.05) is 12.1 Å². The lowest BCUT2D eigenvalue weighted by Crippen LogP contribution is -2.07. The van der Waals surface area contributed by atoms with Gasteiger partial charge in [-0.05, 0) is 24.3 Å². The molecule has 0 aromatic carbocycles. The minimum absolute atomic E-state index is 0.0844. The van der Waals surface area contributed by atoms with Crippen LogP contribution < -0.4 is 0 Å². The van der Waals surface area contributed by atoms with Crippen molar-refractivity contribution in [3.63, 3.8) is 0 Å². The normalized spacial score (nSPS) is 10.4. The number of aromatic nitrogens is 4. The molecule has 3 aromatic heterocycles. The Labute approximate surface area is 127 Å². The molecule has 0 radical (unpaired) electrons. The number of pyridine rings is 2. The first-order chi connectivity index (χ1) is 10.7. The van der Waals surface area contributed by atoms with Gasteiger partial charge in [-0.15, -0.1) is 0 Å². The fourth-order valence-electron chi connectivity index (χ4n) is 2.01. The largest absolute Gasteiger partial charge is 0.444 e. The number of esters is 1. The Kier molecular flexibility index (Phi) is 3.91. The van der Waals surface area contributed by atoms with E-state index in [0.717, 1.165) is 5.69 Å². The maximum absolute atomic E-state index is 11.1. The molecule has 0 fully saturated rings. The van der Waals surface area contributed by atoms with E-state index in [2.05, 4.69) is 15.0 Å². The molecule has 22 heavy (non-hydrogen) atoms. The zero-order valence-corrected chi connectivity index (χ0v) is 12.0. The third kappa shape index (κ3) is 3.01. The highest BCUT2D eigenvalue weighted by Crippen LogP contribution is 2.22. The van der Waals surface area contributed by atoms with Gasteiger partial charge in [0.2, 0.25) is 0 Å². The van der Waals surface area contributed by atoms with E-state index in [1.165, 1.54) is 6.92 Å². The zero-order chi connectivity index (χ0) is 15.4. The molecule has 0 bridgehead atoms. The van der Waals surface area contributed by atoms with Crippen LogP contribution in [0.1, 0.15) is 6.92 Å². The molecule has 0 unspecified atom stereocenters. The van der Waals surface area contributed by atoms with Crippen LogP contribution in [-0.2, 0) is 16.3 Å². The van der Waals surface area contributed by atoms with Crippen molar-refractivity contribution in [3.05, 3.63) is 55.0 Å². The Hall–Kier alpha value is -3.02. The van der Waals surface area contributed by atoms with E-state index in [9.17, 15) is 4.79 Å². The van der Waals surface area contributed by atoms with Crippen molar-refractivity contribution in [2.45, 2.75) is 13.7 Å². The van der Waals surface area contributed by atoms with Gasteiger partial charge >= 0.3 is 5.97 Å². The van der Waals surface area contributed by atoms with E-state index in [4.69, 9.17) is 4.74 Å². The van der Waals surface area contributed by atoms with Crippen molar-refractivity contribution in [2.24, 2.45) is 0 Å².